The van der Waals surface area contributed by atoms with E-state index >= 15 is 4.39 Å². The summed E-state index contributed by atoms with van der Waals surface area (Å²) >= 11 is 0. The van der Waals surface area contributed by atoms with Gasteiger partial charge < -0.3 is 35.3 Å². The van der Waals surface area contributed by atoms with Gasteiger partial charge in [-0.1, -0.05) is 30.7 Å². The Morgan fingerprint density at radius 2 is 1.91 bits per heavy atom. The fourth-order valence-electron chi connectivity index (χ4n) is 8.43. The van der Waals surface area contributed by atoms with Gasteiger partial charge in [0.2, 0.25) is 5.78 Å². The standard InChI is InChI=1S/C32H37FN2O12/c1-29-9-8-20(37)11-19(29)6-7-21-22-12-24(38)32(43,30(22,2)13-25(39)31(21,29)33)26(40)16-46-28(42)23(14-36)34-27(41)18-5-3-4-17(10-18)15-47-35(44)45/h3-5,8-11,21-25,36,38-39,43H,6-7,12-16H2,1-2H3,(H,34,41)/t21-,22-,23?,24+,25-,29-,30-,31-,32-/m0/s1. The Morgan fingerprint density at radius 1 is 1.19 bits per heavy atom. The second-order valence-corrected chi connectivity index (χ2v) is 13.2. The van der Waals surface area contributed by atoms with Gasteiger partial charge in [-0.3, -0.25) is 14.4 Å². The molecular formula is C32H37FN2O12. The molecule has 0 saturated heterocycles. The van der Waals surface area contributed by atoms with Crippen LogP contribution in [0.1, 0.15) is 55.5 Å². The maximum atomic E-state index is 17.3. The molecule has 47 heavy (non-hydrogen) atoms. The van der Waals surface area contributed by atoms with Crippen LogP contribution in [-0.2, 0) is 30.6 Å². The molecule has 3 fully saturated rings. The number of rotatable bonds is 10. The number of carbonyl (C=O) groups is 4. The van der Waals surface area contributed by atoms with Gasteiger partial charge in [-0.15, -0.1) is 10.1 Å². The van der Waals surface area contributed by atoms with Crippen molar-refractivity contribution in [2.75, 3.05) is 13.2 Å². The number of ether oxygens (including phenoxy) is 1. The molecular weight excluding hydrogens is 623 g/mol. The van der Waals surface area contributed by atoms with E-state index in [9.17, 15) is 49.7 Å². The Bertz CT molecular complexity index is 1560. The van der Waals surface area contributed by atoms with Crippen LogP contribution in [0.3, 0.4) is 0 Å². The van der Waals surface area contributed by atoms with Gasteiger partial charge >= 0.3 is 5.97 Å². The monoisotopic (exact) mass is 660 g/mol. The van der Waals surface area contributed by atoms with Crippen LogP contribution in [0.4, 0.5) is 4.39 Å². The third-order valence-electron chi connectivity index (χ3n) is 10.9. The van der Waals surface area contributed by atoms with Gasteiger partial charge in [0.1, 0.15) is 6.61 Å². The number of nitrogens with zero attached hydrogens (tertiary/aromatic N) is 1. The van der Waals surface area contributed by atoms with Crippen molar-refractivity contribution in [2.45, 2.75) is 75.7 Å². The molecule has 0 aromatic heterocycles. The molecule has 1 aromatic carbocycles. The van der Waals surface area contributed by atoms with Crippen LogP contribution < -0.4 is 5.32 Å². The van der Waals surface area contributed by atoms with Crippen molar-refractivity contribution in [3.8, 4) is 0 Å². The molecule has 5 N–H and O–H groups in total. The predicted molar refractivity (Wildman–Crippen MR) is 157 cm³/mol. The maximum Gasteiger partial charge on any atom is 0.331 e. The van der Waals surface area contributed by atoms with Crippen LogP contribution >= 0.6 is 0 Å². The van der Waals surface area contributed by atoms with Crippen molar-refractivity contribution in [2.24, 2.45) is 22.7 Å². The molecule has 1 unspecified atom stereocenters. The lowest BCUT2D eigenvalue weighted by Gasteiger charge is -2.62. The van der Waals surface area contributed by atoms with Gasteiger partial charge in [0.25, 0.3) is 11.0 Å². The zero-order chi connectivity index (χ0) is 34.5. The molecule has 0 aliphatic heterocycles. The first kappa shape index (κ1) is 34.3. The number of aliphatic hydroxyl groups excluding tert-OH is 3. The lowest BCUT2D eigenvalue weighted by Crippen LogP contribution is -2.69. The number of esters is 1. The predicted octanol–water partition coefficient (Wildman–Crippen LogP) is 0.671. The molecule has 14 nitrogen and oxygen atoms in total. The van der Waals surface area contributed by atoms with E-state index in [1.54, 1.807) is 6.92 Å². The minimum absolute atomic E-state index is 0.0200. The topological polar surface area (TPSA) is 223 Å². The molecule has 4 aliphatic rings. The number of fused-ring (bicyclic) bond motifs is 5. The summed E-state index contributed by atoms with van der Waals surface area (Å²) in [5, 5.41) is 55.8. The minimum Gasteiger partial charge on any atom is -0.456 e. The molecule has 0 spiro atoms. The van der Waals surface area contributed by atoms with Crippen molar-refractivity contribution in [3.63, 3.8) is 0 Å². The van der Waals surface area contributed by atoms with Crippen molar-refractivity contribution in [1.82, 2.24) is 5.32 Å². The molecule has 3 saturated carbocycles. The van der Waals surface area contributed by atoms with E-state index in [0.717, 1.165) is 0 Å². The number of alkyl halides is 1. The van der Waals surface area contributed by atoms with Gasteiger partial charge in [-0.25, -0.2) is 9.18 Å². The number of benzene rings is 1. The summed E-state index contributed by atoms with van der Waals surface area (Å²) in [5.41, 5.74) is -6.84. The quantitative estimate of drug-likeness (QED) is 0.133. The van der Waals surface area contributed by atoms with Crippen molar-refractivity contribution < 1.29 is 58.7 Å². The summed E-state index contributed by atoms with van der Waals surface area (Å²) in [7, 11) is 0. The van der Waals surface area contributed by atoms with Crippen LogP contribution in [0.25, 0.3) is 0 Å². The summed E-state index contributed by atoms with van der Waals surface area (Å²) in [6.07, 6.45) is 0.681. The number of halogens is 1. The molecule has 1 amide bonds. The van der Waals surface area contributed by atoms with Crippen LogP contribution in [0.2, 0.25) is 0 Å². The lowest BCUT2D eigenvalue weighted by molar-refractivity contribution is -0.763. The second kappa shape index (κ2) is 12.2. The molecule has 4 aliphatic carbocycles. The summed E-state index contributed by atoms with van der Waals surface area (Å²) in [4.78, 5) is 65.9. The van der Waals surface area contributed by atoms with Gasteiger partial charge in [0.15, 0.2) is 29.7 Å². The molecule has 5 rings (SSSR count). The van der Waals surface area contributed by atoms with Crippen LogP contribution in [0.15, 0.2) is 48.1 Å². The Balaban J connectivity index is 1.29. The van der Waals surface area contributed by atoms with Gasteiger partial charge in [-0.05, 0) is 68.4 Å². The molecule has 15 heteroatoms. The first-order valence-corrected chi connectivity index (χ1v) is 15.2. The smallest absolute Gasteiger partial charge is 0.331 e. The average Bonchev–Trinajstić information content (AvgIpc) is 3.23. The third-order valence-corrected chi connectivity index (χ3v) is 10.9. The lowest BCUT2D eigenvalue weighted by atomic mass is 9.44. The number of hydrogen-bond acceptors (Lipinski definition) is 12. The highest BCUT2D eigenvalue weighted by atomic mass is 19.1. The Kier molecular flexibility index (Phi) is 8.90. The second-order valence-electron chi connectivity index (χ2n) is 13.2. The fraction of sp³-hybridized carbons (Fsp3) is 0.562. The number of amides is 1. The van der Waals surface area contributed by atoms with E-state index in [-0.39, 0.29) is 29.8 Å². The number of aliphatic hydroxyl groups is 4. The summed E-state index contributed by atoms with van der Waals surface area (Å²) < 4.78 is 22.4. The van der Waals surface area contributed by atoms with Crippen LogP contribution in [0.5, 0.6) is 0 Å². The highest BCUT2D eigenvalue weighted by Gasteiger charge is 2.76. The van der Waals surface area contributed by atoms with E-state index < -0.39 is 101 Å². The number of nitrogens with one attached hydrogen (secondary N) is 1. The normalized spacial score (nSPS) is 36.2. The van der Waals surface area contributed by atoms with Crippen molar-refractivity contribution >= 4 is 23.4 Å². The zero-order valence-corrected chi connectivity index (χ0v) is 25.8. The summed E-state index contributed by atoms with van der Waals surface area (Å²) in [5.74, 6) is -5.13. The third kappa shape index (κ3) is 5.34. The van der Waals surface area contributed by atoms with Crippen LogP contribution in [0, 0.1) is 32.8 Å². The van der Waals surface area contributed by atoms with Gasteiger partial charge in [0.05, 0.1) is 18.8 Å². The fourth-order valence-corrected chi connectivity index (χ4v) is 8.43. The van der Waals surface area contributed by atoms with E-state index in [2.05, 4.69) is 10.2 Å². The number of allylic oxidation sites excluding steroid dienone is 4. The summed E-state index contributed by atoms with van der Waals surface area (Å²) in [6.45, 7) is 0.671. The van der Waals surface area contributed by atoms with E-state index in [1.165, 1.54) is 49.4 Å². The Morgan fingerprint density at radius 3 is 2.60 bits per heavy atom. The number of Topliss-reactive ketones (excluding diaryl/α,β-unsaturated/α-hetero) is 1. The van der Waals surface area contributed by atoms with E-state index in [1.807, 2.05) is 0 Å². The van der Waals surface area contributed by atoms with Crippen molar-refractivity contribution in [1.29, 1.82) is 0 Å². The molecule has 254 valence electrons. The molecule has 0 radical (unpaired) electrons. The first-order chi connectivity index (χ1) is 22.0. The van der Waals surface area contributed by atoms with E-state index in [0.29, 0.717) is 12.0 Å². The minimum atomic E-state index is -2.54. The zero-order valence-electron chi connectivity index (χ0n) is 25.8. The largest absolute Gasteiger partial charge is 0.456 e. The van der Waals surface area contributed by atoms with Gasteiger partial charge in [0, 0.05) is 22.3 Å². The average molecular weight is 661 g/mol. The number of ketones is 2. The highest BCUT2D eigenvalue weighted by molar-refractivity contribution is 6.01. The van der Waals surface area contributed by atoms with Crippen LogP contribution in [-0.4, -0.2) is 91.7 Å². The van der Waals surface area contributed by atoms with Gasteiger partial charge in [-0.2, -0.15) is 0 Å². The van der Waals surface area contributed by atoms with E-state index in [4.69, 9.17) is 4.74 Å². The molecule has 0 bridgehead atoms. The molecule has 9 atom stereocenters. The maximum absolute atomic E-state index is 17.3. The Hall–Kier alpha value is -4.05. The number of carbonyl (C=O) groups excluding carboxylic acids is 4. The SMILES string of the molecule is C[C@]12C=CC(=O)C=C1CC[C@H]1[C@@H]3C[C@@H](O)[C@](O)(C(=O)COC(=O)C(CO)NC(=O)c4cccc(CO[N+](=O)[O-])c4)[C@@]3(C)C[C@H](O)[C@@]12F. The molecule has 0 heterocycles. The highest BCUT2D eigenvalue weighted by Crippen LogP contribution is 2.69. The molecule has 1 aromatic rings. The van der Waals surface area contributed by atoms with Crippen molar-refractivity contribution in [3.05, 3.63) is 69.3 Å². The number of hydrogen-bond donors (Lipinski definition) is 5. The first-order valence-electron chi connectivity index (χ1n) is 15.2. The summed E-state index contributed by atoms with van der Waals surface area (Å²) in [6, 6.07) is 3.86. The Labute approximate surface area is 268 Å².